The van der Waals surface area contributed by atoms with Crippen LogP contribution in [-0.4, -0.2) is 44.4 Å². The third-order valence-electron chi connectivity index (χ3n) is 3.35. The number of nitrogens with two attached hydrogens (primary N) is 1. The van der Waals surface area contributed by atoms with E-state index >= 15 is 0 Å². The quantitative estimate of drug-likeness (QED) is 0.878. The Morgan fingerprint density at radius 1 is 1.50 bits per heavy atom. The Labute approximate surface area is 109 Å². The summed E-state index contributed by atoms with van der Waals surface area (Å²) in [5.41, 5.74) is 7.01. The molecule has 1 aromatic rings. The third-order valence-corrected chi connectivity index (χ3v) is 3.35. The fourth-order valence-corrected chi connectivity index (χ4v) is 2.48. The van der Waals surface area contributed by atoms with Crippen molar-refractivity contribution in [1.29, 1.82) is 0 Å². The average Bonchev–Trinajstić information content (AvgIpc) is 2.39. The van der Waals surface area contributed by atoms with Gasteiger partial charge in [-0.25, -0.2) is 0 Å². The second-order valence-corrected chi connectivity index (χ2v) is 4.58. The van der Waals surface area contributed by atoms with Crippen LogP contribution in [0.4, 0.5) is 0 Å². The van der Waals surface area contributed by atoms with Crippen molar-refractivity contribution in [2.24, 2.45) is 5.73 Å². The summed E-state index contributed by atoms with van der Waals surface area (Å²) >= 11 is 0. The van der Waals surface area contributed by atoms with Crippen molar-refractivity contribution in [3.63, 3.8) is 0 Å². The van der Waals surface area contributed by atoms with Gasteiger partial charge in [0.2, 0.25) is 0 Å². The normalized spacial score (nSPS) is 25.1. The maximum absolute atomic E-state index is 5.81. The Kier molecular flexibility index (Phi) is 4.58. The highest BCUT2D eigenvalue weighted by atomic mass is 16.5. The Morgan fingerprint density at radius 2 is 2.33 bits per heavy atom. The van der Waals surface area contributed by atoms with E-state index < -0.39 is 0 Å². The number of benzene rings is 1. The van der Waals surface area contributed by atoms with Gasteiger partial charge in [0.05, 0.1) is 25.4 Å². The van der Waals surface area contributed by atoms with Crippen molar-refractivity contribution in [3.05, 3.63) is 29.8 Å². The highest BCUT2D eigenvalue weighted by molar-refractivity contribution is 5.31. The van der Waals surface area contributed by atoms with Gasteiger partial charge >= 0.3 is 0 Å². The zero-order chi connectivity index (χ0) is 13.0. The summed E-state index contributed by atoms with van der Waals surface area (Å²) in [6.45, 7) is 4.89. The van der Waals surface area contributed by atoms with Crippen molar-refractivity contribution < 1.29 is 9.47 Å². The summed E-state index contributed by atoms with van der Waals surface area (Å²) in [5.74, 6) is 0.907. The van der Waals surface area contributed by atoms with E-state index in [4.69, 9.17) is 15.2 Å². The molecule has 1 fully saturated rings. The third kappa shape index (κ3) is 2.83. The number of hydrogen-bond acceptors (Lipinski definition) is 4. The van der Waals surface area contributed by atoms with Crippen molar-refractivity contribution in [1.82, 2.24) is 4.90 Å². The molecule has 1 saturated heterocycles. The highest BCUT2D eigenvalue weighted by Gasteiger charge is 2.30. The topological polar surface area (TPSA) is 47.7 Å². The lowest BCUT2D eigenvalue weighted by Crippen LogP contribution is -2.46. The summed E-state index contributed by atoms with van der Waals surface area (Å²) in [6.07, 6.45) is 0.0561. The minimum atomic E-state index is 0.0561. The van der Waals surface area contributed by atoms with Gasteiger partial charge in [-0.15, -0.1) is 0 Å². The van der Waals surface area contributed by atoms with Gasteiger partial charge in [-0.1, -0.05) is 12.1 Å². The molecule has 0 saturated carbocycles. The Morgan fingerprint density at radius 3 is 3.06 bits per heavy atom. The first-order valence-corrected chi connectivity index (χ1v) is 6.51. The first-order valence-electron chi connectivity index (χ1n) is 6.51. The van der Waals surface area contributed by atoms with Gasteiger partial charge in [0.15, 0.2) is 0 Å². The van der Waals surface area contributed by atoms with Crippen molar-refractivity contribution >= 4 is 0 Å². The van der Waals surface area contributed by atoms with Crippen LogP contribution in [-0.2, 0) is 4.74 Å². The first kappa shape index (κ1) is 13.3. The van der Waals surface area contributed by atoms with E-state index in [0.717, 1.165) is 18.9 Å². The average molecular weight is 250 g/mol. The number of hydrogen-bond donors (Lipinski definition) is 1. The van der Waals surface area contributed by atoms with Crippen molar-refractivity contribution in [2.75, 3.05) is 33.4 Å². The molecule has 0 aliphatic carbocycles. The smallest absolute Gasteiger partial charge is 0.119 e. The second-order valence-electron chi connectivity index (χ2n) is 4.58. The molecule has 4 heteroatoms. The molecule has 0 spiro atoms. The first-order chi connectivity index (χ1) is 8.76. The van der Waals surface area contributed by atoms with E-state index in [1.54, 1.807) is 0 Å². The van der Waals surface area contributed by atoms with Crippen molar-refractivity contribution in [2.45, 2.75) is 19.1 Å². The monoisotopic (exact) mass is 250 g/mol. The lowest BCUT2D eigenvalue weighted by molar-refractivity contribution is -0.0577. The Bertz CT molecular complexity index is 384. The van der Waals surface area contributed by atoms with E-state index in [9.17, 15) is 0 Å². The zero-order valence-corrected chi connectivity index (χ0v) is 11.1. The van der Waals surface area contributed by atoms with E-state index in [1.165, 1.54) is 5.56 Å². The number of rotatable bonds is 4. The molecular formula is C14H22N2O2. The SMILES string of the molecule is CCOc1cccc(C2C(CN)OCCN2C)c1. The van der Waals surface area contributed by atoms with Crippen LogP contribution in [0, 0.1) is 0 Å². The van der Waals surface area contributed by atoms with Crippen LogP contribution >= 0.6 is 0 Å². The van der Waals surface area contributed by atoms with Gasteiger partial charge in [-0.2, -0.15) is 0 Å². The summed E-state index contributed by atoms with van der Waals surface area (Å²) in [6, 6.07) is 8.41. The minimum absolute atomic E-state index is 0.0561. The molecular weight excluding hydrogens is 228 g/mol. The summed E-state index contributed by atoms with van der Waals surface area (Å²) in [7, 11) is 2.11. The van der Waals surface area contributed by atoms with E-state index in [0.29, 0.717) is 13.2 Å². The summed E-state index contributed by atoms with van der Waals surface area (Å²) in [4.78, 5) is 2.30. The summed E-state index contributed by atoms with van der Waals surface area (Å²) in [5, 5.41) is 0. The molecule has 18 heavy (non-hydrogen) atoms. The lowest BCUT2D eigenvalue weighted by Gasteiger charge is -2.39. The predicted octanol–water partition coefficient (Wildman–Crippen LogP) is 1.42. The highest BCUT2D eigenvalue weighted by Crippen LogP contribution is 2.29. The predicted molar refractivity (Wildman–Crippen MR) is 71.8 cm³/mol. The minimum Gasteiger partial charge on any atom is -0.494 e. The largest absolute Gasteiger partial charge is 0.494 e. The molecule has 0 radical (unpaired) electrons. The molecule has 1 aliphatic rings. The standard InChI is InChI=1S/C14H22N2O2/c1-3-17-12-6-4-5-11(9-12)14-13(10-15)18-8-7-16(14)2/h4-6,9,13-14H,3,7-8,10,15H2,1-2H3. The van der Waals surface area contributed by atoms with Crippen LogP contribution in [0.3, 0.4) is 0 Å². The maximum Gasteiger partial charge on any atom is 0.119 e. The number of likely N-dealkylation sites (N-methyl/N-ethyl adjacent to an activating group) is 1. The van der Waals surface area contributed by atoms with Crippen LogP contribution in [0.2, 0.25) is 0 Å². The number of morpholine rings is 1. The van der Waals surface area contributed by atoms with Gasteiger partial charge in [0, 0.05) is 13.1 Å². The van der Waals surface area contributed by atoms with E-state index in [-0.39, 0.29) is 12.1 Å². The van der Waals surface area contributed by atoms with Gasteiger partial charge in [-0.3, -0.25) is 4.90 Å². The maximum atomic E-state index is 5.81. The van der Waals surface area contributed by atoms with E-state index in [1.807, 2.05) is 19.1 Å². The van der Waals surface area contributed by atoms with Crippen molar-refractivity contribution in [3.8, 4) is 5.75 Å². The molecule has 0 aromatic heterocycles. The zero-order valence-electron chi connectivity index (χ0n) is 11.1. The molecule has 4 nitrogen and oxygen atoms in total. The molecule has 2 N–H and O–H groups in total. The fourth-order valence-electron chi connectivity index (χ4n) is 2.48. The van der Waals surface area contributed by atoms with Crippen LogP contribution in [0.25, 0.3) is 0 Å². The molecule has 2 unspecified atom stereocenters. The van der Waals surface area contributed by atoms with Gasteiger partial charge in [0.25, 0.3) is 0 Å². The molecule has 0 amide bonds. The molecule has 0 bridgehead atoms. The van der Waals surface area contributed by atoms with Crippen LogP contribution in [0.15, 0.2) is 24.3 Å². The fraction of sp³-hybridized carbons (Fsp3) is 0.571. The Balaban J connectivity index is 2.23. The Hall–Kier alpha value is -1.10. The number of nitrogens with zero attached hydrogens (tertiary/aromatic N) is 1. The van der Waals surface area contributed by atoms with Crippen LogP contribution in [0.1, 0.15) is 18.5 Å². The van der Waals surface area contributed by atoms with Crippen LogP contribution < -0.4 is 10.5 Å². The molecule has 1 aliphatic heterocycles. The molecule has 2 rings (SSSR count). The molecule has 100 valence electrons. The molecule has 1 heterocycles. The lowest BCUT2D eigenvalue weighted by atomic mass is 9.98. The molecule has 1 aromatic carbocycles. The van der Waals surface area contributed by atoms with Gasteiger partial charge in [-0.05, 0) is 31.7 Å². The van der Waals surface area contributed by atoms with E-state index in [2.05, 4.69) is 24.1 Å². The van der Waals surface area contributed by atoms with Gasteiger partial charge in [0.1, 0.15) is 5.75 Å². The molecule has 2 atom stereocenters. The van der Waals surface area contributed by atoms with Gasteiger partial charge < -0.3 is 15.2 Å². The second kappa shape index (κ2) is 6.18. The number of ether oxygens (including phenoxy) is 2. The summed E-state index contributed by atoms with van der Waals surface area (Å²) < 4.78 is 11.3. The van der Waals surface area contributed by atoms with Crippen LogP contribution in [0.5, 0.6) is 5.75 Å².